The number of hydrogen-bond donors (Lipinski definition) is 2. The first-order valence-electron chi connectivity index (χ1n) is 7.72. The van der Waals surface area contributed by atoms with Gasteiger partial charge >= 0.3 is 0 Å². The van der Waals surface area contributed by atoms with E-state index in [9.17, 15) is 4.79 Å². The van der Waals surface area contributed by atoms with Gasteiger partial charge in [0, 0.05) is 18.3 Å². The van der Waals surface area contributed by atoms with Crippen molar-refractivity contribution in [1.29, 1.82) is 0 Å². The lowest BCUT2D eigenvalue weighted by Gasteiger charge is -2.08. The summed E-state index contributed by atoms with van der Waals surface area (Å²) >= 11 is 1.51. The lowest BCUT2D eigenvalue weighted by Crippen LogP contribution is -2.24. The smallest absolute Gasteiger partial charge is 0.270 e. The normalized spacial score (nSPS) is 14.9. The highest BCUT2D eigenvalue weighted by atomic mass is 35.5. The van der Waals surface area contributed by atoms with Gasteiger partial charge in [0.2, 0.25) is 0 Å². The van der Waals surface area contributed by atoms with Gasteiger partial charge in [-0.15, -0.1) is 23.7 Å². The van der Waals surface area contributed by atoms with Crippen molar-refractivity contribution in [1.82, 2.24) is 10.3 Å². The van der Waals surface area contributed by atoms with Gasteiger partial charge in [-0.1, -0.05) is 38.5 Å². The maximum absolute atomic E-state index is 11.9. The molecular formula is C15H26ClN3OS. The summed E-state index contributed by atoms with van der Waals surface area (Å²) in [6, 6.07) is 0. The number of nitrogens with two attached hydrogens (primary N) is 1. The van der Waals surface area contributed by atoms with Crippen molar-refractivity contribution in [3.8, 4) is 0 Å². The molecule has 1 aliphatic carbocycles. The monoisotopic (exact) mass is 331 g/mol. The molecule has 1 amide bonds. The van der Waals surface area contributed by atoms with E-state index in [0.29, 0.717) is 12.2 Å². The van der Waals surface area contributed by atoms with Gasteiger partial charge in [-0.3, -0.25) is 4.79 Å². The predicted molar refractivity (Wildman–Crippen MR) is 90.3 cm³/mol. The summed E-state index contributed by atoms with van der Waals surface area (Å²) < 4.78 is 0. The Morgan fingerprint density at radius 2 is 2.14 bits per heavy atom. The highest BCUT2D eigenvalue weighted by Crippen LogP contribution is 2.28. The van der Waals surface area contributed by atoms with Crippen LogP contribution in [0.3, 0.4) is 0 Å². The standard InChI is InChI=1S/C15H25N3OS.ClH/c16-9-8-14-18-13(11-20-14)15(19)17-10-4-3-7-12-5-1-2-6-12;/h11-12H,1-10,16H2,(H,17,19);1H. The molecule has 4 nitrogen and oxygen atoms in total. The molecule has 0 spiro atoms. The second kappa shape index (κ2) is 10.1. The number of carbonyl (C=O) groups excluding carboxylic acids is 1. The number of carbonyl (C=O) groups is 1. The molecule has 2 rings (SSSR count). The van der Waals surface area contributed by atoms with Crippen LogP contribution in [0, 0.1) is 5.92 Å². The minimum absolute atomic E-state index is 0. The lowest BCUT2D eigenvalue weighted by atomic mass is 10.0. The van der Waals surface area contributed by atoms with Crippen molar-refractivity contribution in [2.24, 2.45) is 11.7 Å². The van der Waals surface area contributed by atoms with E-state index >= 15 is 0 Å². The first kappa shape index (κ1) is 18.4. The van der Waals surface area contributed by atoms with Crippen molar-refractivity contribution >= 4 is 29.7 Å². The summed E-state index contributed by atoms with van der Waals surface area (Å²) in [5.41, 5.74) is 6.01. The summed E-state index contributed by atoms with van der Waals surface area (Å²) in [5.74, 6) is 0.897. The summed E-state index contributed by atoms with van der Waals surface area (Å²) in [5, 5.41) is 5.72. The van der Waals surface area contributed by atoms with E-state index in [1.165, 1.54) is 49.9 Å². The maximum atomic E-state index is 11.9. The first-order valence-corrected chi connectivity index (χ1v) is 8.60. The molecule has 0 atom stereocenters. The molecule has 0 aromatic carbocycles. The van der Waals surface area contributed by atoms with E-state index in [-0.39, 0.29) is 18.3 Å². The topological polar surface area (TPSA) is 68.0 Å². The minimum Gasteiger partial charge on any atom is -0.351 e. The van der Waals surface area contributed by atoms with Crippen LogP contribution in [0.1, 0.15) is 60.4 Å². The van der Waals surface area contributed by atoms with E-state index in [1.54, 1.807) is 0 Å². The van der Waals surface area contributed by atoms with Gasteiger partial charge < -0.3 is 11.1 Å². The molecule has 1 aliphatic rings. The van der Waals surface area contributed by atoms with Crippen LogP contribution in [0.4, 0.5) is 0 Å². The molecule has 3 N–H and O–H groups in total. The molecule has 21 heavy (non-hydrogen) atoms. The highest BCUT2D eigenvalue weighted by Gasteiger charge is 2.14. The number of rotatable bonds is 8. The number of hydrogen-bond acceptors (Lipinski definition) is 4. The largest absolute Gasteiger partial charge is 0.351 e. The predicted octanol–water partition coefficient (Wildman–Crippen LogP) is 3.16. The van der Waals surface area contributed by atoms with Crippen molar-refractivity contribution in [2.45, 2.75) is 51.4 Å². The van der Waals surface area contributed by atoms with Gasteiger partial charge in [0.25, 0.3) is 5.91 Å². The average molecular weight is 332 g/mol. The second-order valence-corrected chi connectivity index (χ2v) is 6.51. The molecule has 1 saturated carbocycles. The molecule has 0 saturated heterocycles. The number of amides is 1. The fourth-order valence-corrected chi connectivity index (χ4v) is 3.60. The van der Waals surface area contributed by atoms with Gasteiger partial charge in [0.15, 0.2) is 0 Å². The second-order valence-electron chi connectivity index (χ2n) is 5.57. The zero-order chi connectivity index (χ0) is 14.2. The third kappa shape index (κ3) is 6.32. The molecule has 0 aliphatic heterocycles. The first-order chi connectivity index (χ1) is 9.79. The number of aromatic nitrogens is 1. The van der Waals surface area contributed by atoms with E-state index in [0.717, 1.165) is 30.3 Å². The quantitative estimate of drug-likeness (QED) is 0.719. The fraction of sp³-hybridized carbons (Fsp3) is 0.733. The van der Waals surface area contributed by atoms with E-state index in [2.05, 4.69) is 10.3 Å². The SMILES string of the molecule is Cl.NCCc1nc(C(=O)NCCCCC2CCCC2)cs1. The van der Waals surface area contributed by atoms with Crippen molar-refractivity contribution in [3.05, 3.63) is 16.1 Å². The number of nitrogens with one attached hydrogen (secondary N) is 1. The van der Waals surface area contributed by atoms with Crippen LogP contribution in [0.15, 0.2) is 5.38 Å². The van der Waals surface area contributed by atoms with Crippen LogP contribution in [0.5, 0.6) is 0 Å². The lowest BCUT2D eigenvalue weighted by molar-refractivity contribution is 0.0948. The average Bonchev–Trinajstić information content (AvgIpc) is 3.10. The molecule has 1 heterocycles. The highest BCUT2D eigenvalue weighted by molar-refractivity contribution is 7.09. The zero-order valence-corrected chi connectivity index (χ0v) is 14.1. The van der Waals surface area contributed by atoms with E-state index < -0.39 is 0 Å². The van der Waals surface area contributed by atoms with Gasteiger partial charge in [0.1, 0.15) is 5.69 Å². The molecule has 1 aromatic rings. The summed E-state index contributed by atoms with van der Waals surface area (Å²) in [6.45, 7) is 1.34. The minimum atomic E-state index is -0.0506. The molecular weight excluding hydrogens is 306 g/mol. The third-order valence-electron chi connectivity index (χ3n) is 3.94. The molecule has 1 fully saturated rings. The Kier molecular flexibility index (Phi) is 8.88. The number of unbranched alkanes of at least 4 members (excludes halogenated alkanes) is 1. The van der Waals surface area contributed by atoms with Crippen LogP contribution in [0.25, 0.3) is 0 Å². The Labute approximate surface area is 137 Å². The summed E-state index contributed by atoms with van der Waals surface area (Å²) in [7, 11) is 0. The Morgan fingerprint density at radius 1 is 1.38 bits per heavy atom. The fourth-order valence-electron chi connectivity index (χ4n) is 2.80. The van der Waals surface area contributed by atoms with Gasteiger partial charge in [0.05, 0.1) is 5.01 Å². The van der Waals surface area contributed by atoms with Crippen LogP contribution in [0.2, 0.25) is 0 Å². The van der Waals surface area contributed by atoms with Gasteiger partial charge in [-0.25, -0.2) is 4.98 Å². The van der Waals surface area contributed by atoms with Crippen molar-refractivity contribution in [3.63, 3.8) is 0 Å². The van der Waals surface area contributed by atoms with Crippen LogP contribution in [-0.2, 0) is 6.42 Å². The van der Waals surface area contributed by atoms with Crippen LogP contribution < -0.4 is 11.1 Å². The summed E-state index contributed by atoms with van der Waals surface area (Å²) in [6.07, 6.45) is 10.0. The molecule has 6 heteroatoms. The molecule has 120 valence electrons. The van der Waals surface area contributed by atoms with E-state index in [4.69, 9.17) is 5.73 Å². The van der Waals surface area contributed by atoms with Gasteiger partial charge in [-0.05, 0) is 18.9 Å². The van der Waals surface area contributed by atoms with Crippen molar-refractivity contribution < 1.29 is 4.79 Å². The Hall–Kier alpha value is -0.650. The number of thiazole rings is 1. The number of nitrogens with zero attached hydrogens (tertiary/aromatic N) is 1. The Bertz CT molecular complexity index is 419. The Balaban J connectivity index is 0.00000220. The zero-order valence-electron chi connectivity index (χ0n) is 12.5. The molecule has 0 bridgehead atoms. The molecule has 0 radical (unpaired) electrons. The van der Waals surface area contributed by atoms with Crippen molar-refractivity contribution in [2.75, 3.05) is 13.1 Å². The molecule has 0 unspecified atom stereocenters. The third-order valence-corrected chi connectivity index (χ3v) is 4.85. The summed E-state index contributed by atoms with van der Waals surface area (Å²) in [4.78, 5) is 16.2. The molecule has 1 aromatic heterocycles. The van der Waals surface area contributed by atoms with Crippen LogP contribution in [-0.4, -0.2) is 24.0 Å². The van der Waals surface area contributed by atoms with E-state index in [1.807, 2.05) is 5.38 Å². The Morgan fingerprint density at radius 3 is 2.86 bits per heavy atom. The maximum Gasteiger partial charge on any atom is 0.270 e. The van der Waals surface area contributed by atoms with Gasteiger partial charge in [-0.2, -0.15) is 0 Å². The van der Waals surface area contributed by atoms with Crippen LogP contribution >= 0.6 is 23.7 Å². The number of halogens is 1.